The van der Waals surface area contributed by atoms with E-state index in [1.807, 2.05) is 25.3 Å². The van der Waals surface area contributed by atoms with Crippen LogP contribution in [0, 0.1) is 13.8 Å². The number of hydrogen-bond donors (Lipinski definition) is 0. The van der Waals surface area contributed by atoms with Gasteiger partial charge in [-0.05, 0) is 63.3 Å². The summed E-state index contributed by atoms with van der Waals surface area (Å²) in [5, 5.41) is 1.97. The highest BCUT2D eigenvalue weighted by Crippen LogP contribution is 2.38. The number of fused-ring (bicyclic) bond motifs is 1. The van der Waals surface area contributed by atoms with Crippen molar-refractivity contribution < 1.29 is 23.8 Å². The predicted octanol–water partition coefficient (Wildman–Crippen LogP) is 4.70. The summed E-state index contributed by atoms with van der Waals surface area (Å²) >= 11 is 1.56. The Bertz CT molecular complexity index is 931. The lowest BCUT2D eigenvalue weighted by Crippen LogP contribution is -2.27. The number of carbonyl (C=O) groups excluding carboxylic acids is 2. The number of aryl methyl sites for hydroxylation is 2. The lowest BCUT2D eigenvalue weighted by Gasteiger charge is -2.19. The fourth-order valence-corrected chi connectivity index (χ4v) is 3.57. The van der Waals surface area contributed by atoms with E-state index < -0.39 is 11.6 Å². The van der Waals surface area contributed by atoms with Crippen molar-refractivity contribution >= 4 is 29.2 Å². The highest BCUT2D eigenvalue weighted by atomic mass is 32.1. The van der Waals surface area contributed by atoms with Gasteiger partial charge in [0, 0.05) is 17.0 Å². The summed E-state index contributed by atoms with van der Waals surface area (Å²) in [5.41, 5.74) is 1.80. The number of ketones is 1. The second-order valence-corrected chi connectivity index (χ2v) is 8.34. The Morgan fingerprint density at radius 2 is 1.96 bits per heavy atom. The summed E-state index contributed by atoms with van der Waals surface area (Å²) in [4.78, 5) is 25.5. The van der Waals surface area contributed by atoms with Gasteiger partial charge in [0.2, 0.25) is 5.78 Å². The number of benzene rings is 1. The molecule has 6 heteroatoms. The van der Waals surface area contributed by atoms with Crippen LogP contribution >= 0.6 is 11.3 Å². The molecular formula is C21H22O5S. The average Bonchev–Trinajstić information content (AvgIpc) is 3.08. The molecule has 0 saturated carbocycles. The van der Waals surface area contributed by atoms with Crippen molar-refractivity contribution in [2.75, 3.05) is 6.61 Å². The van der Waals surface area contributed by atoms with Crippen LogP contribution in [0.2, 0.25) is 0 Å². The molecule has 5 nitrogen and oxygen atoms in total. The van der Waals surface area contributed by atoms with E-state index in [1.54, 1.807) is 50.3 Å². The molecule has 0 fully saturated rings. The number of thiophene rings is 1. The molecule has 1 aromatic heterocycles. The number of Topliss-reactive ketones (excluding diaryl/α,β-unsaturated/α-hetero) is 1. The monoisotopic (exact) mass is 386 g/mol. The van der Waals surface area contributed by atoms with Crippen LogP contribution in [0.4, 0.5) is 0 Å². The summed E-state index contributed by atoms with van der Waals surface area (Å²) in [6.45, 7) is 9.00. The topological polar surface area (TPSA) is 61.8 Å². The number of esters is 1. The van der Waals surface area contributed by atoms with Gasteiger partial charge in [-0.2, -0.15) is 0 Å². The van der Waals surface area contributed by atoms with E-state index in [-0.39, 0.29) is 12.4 Å². The lowest BCUT2D eigenvalue weighted by molar-refractivity contribution is -0.157. The summed E-state index contributed by atoms with van der Waals surface area (Å²) in [5.74, 6) is 0.599. The maximum atomic E-state index is 12.7. The van der Waals surface area contributed by atoms with Crippen molar-refractivity contribution in [2.45, 2.75) is 40.2 Å². The van der Waals surface area contributed by atoms with Gasteiger partial charge in [0.15, 0.2) is 12.4 Å². The molecule has 0 radical (unpaired) electrons. The van der Waals surface area contributed by atoms with Gasteiger partial charge >= 0.3 is 5.97 Å². The highest BCUT2D eigenvalue weighted by molar-refractivity contribution is 7.11. The van der Waals surface area contributed by atoms with Crippen LogP contribution < -0.4 is 9.47 Å². The molecule has 2 heterocycles. The van der Waals surface area contributed by atoms with Crippen LogP contribution in [-0.4, -0.2) is 24.0 Å². The summed E-state index contributed by atoms with van der Waals surface area (Å²) in [6, 6.07) is 5.36. The maximum absolute atomic E-state index is 12.7. The zero-order valence-electron chi connectivity index (χ0n) is 16.0. The SMILES string of the molecule is Cc1ccsc1/C=C1\Oc2cc(OCC(=O)OC(C)(C)C)cc(C)c2C1=O. The number of allylic oxidation sites excluding steroid dienone is 1. The molecule has 0 bridgehead atoms. The van der Waals surface area contributed by atoms with Crippen molar-refractivity contribution in [3.63, 3.8) is 0 Å². The Morgan fingerprint density at radius 3 is 2.59 bits per heavy atom. The fraction of sp³-hybridized carbons (Fsp3) is 0.333. The Kier molecular flexibility index (Phi) is 5.11. The van der Waals surface area contributed by atoms with Crippen LogP contribution in [0.15, 0.2) is 29.3 Å². The molecule has 0 aliphatic carbocycles. The van der Waals surface area contributed by atoms with Gasteiger partial charge in [-0.25, -0.2) is 4.79 Å². The summed E-state index contributed by atoms with van der Waals surface area (Å²) < 4.78 is 16.5. The third kappa shape index (κ3) is 4.39. The molecule has 27 heavy (non-hydrogen) atoms. The predicted molar refractivity (Wildman–Crippen MR) is 105 cm³/mol. The molecule has 0 atom stereocenters. The van der Waals surface area contributed by atoms with Crippen LogP contribution in [0.25, 0.3) is 6.08 Å². The molecule has 1 aliphatic rings. The zero-order chi connectivity index (χ0) is 19.8. The smallest absolute Gasteiger partial charge is 0.344 e. The molecule has 0 unspecified atom stereocenters. The fourth-order valence-electron chi connectivity index (χ4n) is 2.73. The summed E-state index contributed by atoms with van der Waals surface area (Å²) in [7, 11) is 0. The first-order valence-electron chi connectivity index (χ1n) is 8.61. The van der Waals surface area contributed by atoms with Crippen LogP contribution in [0.5, 0.6) is 11.5 Å². The van der Waals surface area contributed by atoms with Crippen molar-refractivity contribution in [2.24, 2.45) is 0 Å². The molecule has 2 aromatic rings. The second-order valence-electron chi connectivity index (χ2n) is 7.40. The van der Waals surface area contributed by atoms with Crippen molar-refractivity contribution in [3.05, 3.63) is 50.9 Å². The zero-order valence-corrected chi connectivity index (χ0v) is 16.9. The maximum Gasteiger partial charge on any atom is 0.344 e. The number of ether oxygens (including phenoxy) is 3. The molecule has 142 valence electrons. The van der Waals surface area contributed by atoms with Crippen molar-refractivity contribution in [1.82, 2.24) is 0 Å². The highest BCUT2D eigenvalue weighted by Gasteiger charge is 2.30. The van der Waals surface area contributed by atoms with Crippen molar-refractivity contribution in [3.8, 4) is 11.5 Å². The number of hydrogen-bond acceptors (Lipinski definition) is 6. The van der Waals surface area contributed by atoms with Crippen LogP contribution in [0.3, 0.4) is 0 Å². The van der Waals surface area contributed by atoms with E-state index >= 15 is 0 Å². The quantitative estimate of drug-likeness (QED) is 0.563. The van der Waals surface area contributed by atoms with Gasteiger partial charge in [-0.3, -0.25) is 4.79 Å². The Hall–Kier alpha value is -2.60. The first-order valence-corrected chi connectivity index (χ1v) is 9.49. The second kappa shape index (κ2) is 7.19. The first kappa shape index (κ1) is 19.2. The molecule has 0 saturated heterocycles. The first-order chi connectivity index (χ1) is 12.6. The molecule has 0 amide bonds. The van der Waals surface area contributed by atoms with E-state index in [2.05, 4.69) is 0 Å². The van der Waals surface area contributed by atoms with Gasteiger partial charge in [0.05, 0.1) is 5.56 Å². The van der Waals surface area contributed by atoms with E-state index in [9.17, 15) is 9.59 Å². The Labute approximate surface area is 162 Å². The van der Waals surface area contributed by atoms with Gasteiger partial charge in [-0.1, -0.05) is 0 Å². The largest absolute Gasteiger partial charge is 0.482 e. The number of carbonyl (C=O) groups is 2. The Balaban J connectivity index is 1.78. The van der Waals surface area contributed by atoms with Gasteiger partial charge in [0.25, 0.3) is 0 Å². The van der Waals surface area contributed by atoms with Gasteiger partial charge in [0.1, 0.15) is 17.1 Å². The van der Waals surface area contributed by atoms with E-state index in [1.165, 1.54) is 0 Å². The molecular weight excluding hydrogens is 364 g/mol. The minimum Gasteiger partial charge on any atom is -0.482 e. The average molecular weight is 386 g/mol. The van der Waals surface area contributed by atoms with E-state index in [0.29, 0.717) is 22.8 Å². The minimum atomic E-state index is -0.566. The molecule has 0 N–H and O–H groups in total. The van der Waals surface area contributed by atoms with E-state index in [0.717, 1.165) is 16.0 Å². The van der Waals surface area contributed by atoms with E-state index in [4.69, 9.17) is 14.2 Å². The third-order valence-corrected chi connectivity index (χ3v) is 4.85. The van der Waals surface area contributed by atoms with Crippen LogP contribution in [0.1, 0.15) is 47.1 Å². The molecule has 0 spiro atoms. The Morgan fingerprint density at radius 1 is 1.22 bits per heavy atom. The lowest BCUT2D eigenvalue weighted by atomic mass is 10.0. The van der Waals surface area contributed by atoms with Gasteiger partial charge < -0.3 is 14.2 Å². The molecule has 1 aliphatic heterocycles. The van der Waals surface area contributed by atoms with Gasteiger partial charge in [-0.15, -0.1) is 11.3 Å². The normalized spacial score (nSPS) is 14.9. The minimum absolute atomic E-state index is 0.144. The van der Waals surface area contributed by atoms with Crippen molar-refractivity contribution in [1.29, 1.82) is 0 Å². The summed E-state index contributed by atoms with van der Waals surface area (Å²) in [6.07, 6.45) is 1.77. The standard InChI is InChI=1S/C21H22O5S/c1-12-6-7-27-17(12)10-16-20(23)19-13(2)8-14(9-15(19)25-16)24-11-18(22)26-21(3,4)5/h6-10H,11H2,1-5H3/b16-10-. The van der Waals surface area contributed by atoms with Crippen LogP contribution in [-0.2, 0) is 9.53 Å². The molecule has 3 rings (SSSR count). The number of rotatable bonds is 4. The third-order valence-electron chi connectivity index (χ3n) is 3.88. The molecule has 1 aromatic carbocycles.